The van der Waals surface area contributed by atoms with Crippen LogP contribution in [-0.2, 0) is 5.41 Å². The van der Waals surface area contributed by atoms with Gasteiger partial charge >= 0.3 is 0 Å². The third kappa shape index (κ3) is 3.88. The summed E-state index contributed by atoms with van der Waals surface area (Å²) in [4.78, 5) is 9.17. The van der Waals surface area contributed by atoms with Crippen molar-refractivity contribution in [1.29, 1.82) is 0 Å². The van der Waals surface area contributed by atoms with Gasteiger partial charge in [-0.25, -0.2) is 9.97 Å². The second-order valence-corrected chi connectivity index (χ2v) is 8.03. The molecule has 1 N–H and O–H groups in total. The second-order valence-electron chi connectivity index (χ2n) is 7.67. The van der Waals surface area contributed by atoms with Crippen LogP contribution in [0.4, 0.5) is 5.82 Å². The minimum Gasteiger partial charge on any atom is -0.367 e. The van der Waals surface area contributed by atoms with Gasteiger partial charge in [0.05, 0.1) is 0 Å². The van der Waals surface area contributed by atoms with Crippen molar-refractivity contribution in [3.8, 4) is 0 Å². The van der Waals surface area contributed by atoms with Crippen LogP contribution in [-0.4, -0.2) is 16.0 Å². The van der Waals surface area contributed by atoms with Crippen LogP contribution in [0.1, 0.15) is 65.3 Å². The molecular formula is C17H28ClN3. The van der Waals surface area contributed by atoms with E-state index in [0.717, 1.165) is 29.0 Å². The van der Waals surface area contributed by atoms with E-state index in [1.165, 1.54) is 19.3 Å². The Kier molecular flexibility index (Phi) is 4.82. The lowest BCUT2D eigenvalue weighted by molar-refractivity contribution is 0.260. The maximum Gasteiger partial charge on any atom is 0.137 e. The molecule has 1 aromatic heterocycles. The molecule has 0 radical (unpaired) electrons. The number of halogens is 1. The molecule has 0 bridgehead atoms. The van der Waals surface area contributed by atoms with Gasteiger partial charge in [0, 0.05) is 17.0 Å². The molecule has 1 aliphatic rings. The van der Waals surface area contributed by atoms with E-state index in [2.05, 4.69) is 44.9 Å². The lowest BCUT2D eigenvalue weighted by Crippen LogP contribution is -2.31. The van der Waals surface area contributed by atoms with Crippen molar-refractivity contribution in [2.24, 2.45) is 11.8 Å². The molecule has 1 aliphatic carbocycles. The van der Waals surface area contributed by atoms with Crippen molar-refractivity contribution in [3.63, 3.8) is 0 Å². The fraction of sp³-hybridized carbons (Fsp3) is 0.765. The van der Waals surface area contributed by atoms with Crippen LogP contribution in [0.25, 0.3) is 0 Å². The summed E-state index contributed by atoms with van der Waals surface area (Å²) in [5.41, 5.74) is 0.859. The second kappa shape index (κ2) is 6.12. The minimum atomic E-state index is -0.0951. The molecule has 3 unspecified atom stereocenters. The number of nitrogens with one attached hydrogen (secondary N) is 1. The monoisotopic (exact) mass is 309 g/mol. The highest BCUT2D eigenvalue weighted by Crippen LogP contribution is 2.32. The van der Waals surface area contributed by atoms with Crippen LogP contribution in [0.3, 0.4) is 0 Å². The Hall–Kier alpha value is -0.830. The van der Waals surface area contributed by atoms with Crippen LogP contribution in [0.15, 0.2) is 0 Å². The van der Waals surface area contributed by atoms with Gasteiger partial charge in [0.15, 0.2) is 0 Å². The number of hydrogen-bond donors (Lipinski definition) is 1. The summed E-state index contributed by atoms with van der Waals surface area (Å²) < 4.78 is 0. The first kappa shape index (κ1) is 16.5. The lowest BCUT2D eigenvalue weighted by Gasteiger charge is -2.33. The molecule has 3 nitrogen and oxygen atoms in total. The molecule has 0 amide bonds. The summed E-state index contributed by atoms with van der Waals surface area (Å²) >= 11 is 6.30. The van der Waals surface area contributed by atoms with Gasteiger partial charge in [-0.3, -0.25) is 0 Å². The first-order chi connectivity index (χ1) is 9.68. The molecule has 2 rings (SSSR count). The third-order valence-electron chi connectivity index (χ3n) is 4.70. The van der Waals surface area contributed by atoms with E-state index < -0.39 is 0 Å². The van der Waals surface area contributed by atoms with E-state index in [4.69, 9.17) is 16.6 Å². The molecule has 4 heteroatoms. The Morgan fingerprint density at radius 3 is 2.33 bits per heavy atom. The van der Waals surface area contributed by atoms with Gasteiger partial charge < -0.3 is 5.32 Å². The first-order valence-electron chi connectivity index (χ1n) is 7.99. The molecule has 1 fully saturated rings. The summed E-state index contributed by atoms with van der Waals surface area (Å²) in [6.07, 6.45) is 3.69. The predicted molar refractivity (Wildman–Crippen MR) is 90.1 cm³/mol. The van der Waals surface area contributed by atoms with Gasteiger partial charge in [0.25, 0.3) is 0 Å². The van der Waals surface area contributed by atoms with Crippen LogP contribution < -0.4 is 5.32 Å². The Labute approximate surface area is 133 Å². The SMILES string of the molecule is Cc1c(Cl)nc(C(C)(C)C)nc1NC1CCC(C)C(C)C1. The summed E-state index contributed by atoms with van der Waals surface area (Å²) in [7, 11) is 0. The number of rotatable bonds is 2. The van der Waals surface area contributed by atoms with Crippen molar-refractivity contribution in [2.75, 3.05) is 5.32 Å². The van der Waals surface area contributed by atoms with E-state index in [1.807, 2.05) is 6.92 Å². The Balaban J connectivity index is 2.21. The molecule has 0 spiro atoms. The average molecular weight is 310 g/mol. The zero-order chi connectivity index (χ0) is 15.8. The molecule has 1 heterocycles. The van der Waals surface area contributed by atoms with Crippen LogP contribution >= 0.6 is 11.6 Å². The van der Waals surface area contributed by atoms with E-state index in [0.29, 0.717) is 11.2 Å². The van der Waals surface area contributed by atoms with Crippen molar-refractivity contribution in [2.45, 2.75) is 72.3 Å². The Morgan fingerprint density at radius 1 is 1.10 bits per heavy atom. The maximum atomic E-state index is 6.30. The molecule has 1 aromatic rings. The molecule has 0 aliphatic heterocycles. The van der Waals surface area contributed by atoms with Gasteiger partial charge in [0.2, 0.25) is 0 Å². The number of hydrogen-bond acceptors (Lipinski definition) is 3. The molecule has 1 saturated carbocycles. The van der Waals surface area contributed by atoms with Crippen LogP contribution in [0, 0.1) is 18.8 Å². The fourth-order valence-corrected chi connectivity index (χ4v) is 3.01. The smallest absolute Gasteiger partial charge is 0.137 e. The quantitative estimate of drug-likeness (QED) is 0.784. The number of anilines is 1. The van der Waals surface area contributed by atoms with Gasteiger partial charge in [-0.05, 0) is 38.0 Å². The maximum absolute atomic E-state index is 6.30. The normalized spacial score (nSPS) is 26.7. The standard InChI is InChI=1S/C17H28ClN3/c1-10-7-8-13(9-11(10)2)19-15-12(3)14(18)20-16(21-15)17(4,5)6/h10-11,13H,7-9H2,1-6H3,(H,19,20,21). The van der Waals surface area contributed by atoms with Gasteiger partial charge in [-0.2, -0.15) is 0 Å². The van der Waals surface area contributed by atoms with Crippen LogP contribution in [0.5, 0.6) is 0 Å². The predicted octanol–water partition coefficient (Wildman–Crippen LogP) is 4.97. The summed E-state index contributed by atoms with van der Waals surface area (Å²) in [5.74, 6) is 3.30. The summed E-state index contributed by atoms with van der Waals surface area (Å²) in [6.45, 7) is 13.0. The van der Waals surface area contributed by atoms with Crippen molar-refractivity contribution in [1.82, 2.24) is 9.97 Å². The molecule has 21 heavy (non-hydrogen) atoms. The average Bonchev–Trinajstić information content (AvgIpc) is 2.38. The molecular weight excluding hydrogens is 282 g/mol. The van der Waals surface area contributed by atoms with Gasteiger partial charge in [-0.15, -0.1) is 0 Å². The van der Waals surface area contributed by atoms with E-state index in [-0.39, 0.29) is 5.41 Å². The minimum absolute atomic E-state index is 0.0951. The first-order valence-corrected chi connectivity index (χ1v) is 8.37. The molecule has 3 atom stereocenters. The highest BCUT2D eigenvalue weighted by Gasteiger charge is 2.26. The van der Waals surface area contributed by atoms with Crippen molar-refractivity contribution >= 4 is 17.4 Å². The fourth-order valence-electron chi connectivity index (χ4n) is 2.84. The van der Waals surface area contributed by atoms with Crippen molar-refractivity contribution < 1.29 is 0 Å². The van der Waals surface area contributed by atoms with Gasteiger partial charge in [-0.1, -0.05) is 46.2 Å². The third-order valence-corrected chi connectivity index (χ3v) is 5.06. The van der Waals surface area contributed by atoms with Crippen molar-refractivity contribution in [3.05, 3.63) is 16.5 Å². The van der Waals surface area contributed by atoms with Crippen LogP contribution in [0.2, 0.25) is 5.15 Å². The largest absolute Gasteiger partial charge is 0.367 e. The lowest BCUT2D eigenvalue weighted by atomic mass is 9.79. The van der Waals surface area contributed by atoms with E-state index in [9.17, 15) is 0 Å². The van der Waals surface area contributed by atoms with Gasteiger partial charge in [0.1, 0.15) is 16.8 Å². The highest BCUT2D eigenvalue weighted by atomic mass is 35.5. The zero-order valence-electron chi connectivity index (χ0n) is 14.1. The van der Waals surface area contributed by atoms with E-state index >= 15 is 0 Å². The zero-order valence-corrected chi connectivity index (χ0v) is 14.9. The summed E-state index contributed by atoms with van der Waals surface area (Å²) in [6, 6.07) is 0.494. The topological polar surface area (TPSA) is 37.8 Å². The van der Waals surface area contributed by atoms with E-state index in [1.54, 1.807) is 0 Å². The molecule has 118 valence electrons. The number of nitrogens with zero attached hydrogens (tertiary/aromatic N) is 2. The molecule has 0 saturated heterocycles. The summed E-state index contributed by atoms with van der Waals surface area (Å²) in [5, 5.41) is 4.18. The Morgan fingerprint density at radius 2 is 1.76 bits per heavy atom. The molecule has 0 aromatic carbocycles. The highest BCUT2D eigenvalue weighted by molar-refractivity contribution is 6.30. The Bertz CT molecular complexity index is 507. The number of aromatic nitrogens is 2.